The summed E-state index contributed by atoms with van der Waals surface area (Å²) >= 11 is 1.02. The molecule has 1 aromatic heterocycles. The summed E-state index contributed by atoms with van der Waals surface area (Å²) in [7, 11) is 0. The molecular weight excluding hydrogens is 242 g/mol. The molecule has 0 aliphatic rings. The van der Waals surface area contributed by atoms with Crippen molar-refractivity contribution in [1.82, 2.24) is 13.6 Å². The van der Waals surface area contributed by atoms with Crippen LogP contribution in [-0.4, -0.2) is 57.1 Å². The van der Waals surface area contributed by atoms with Crippen LogP contribution in [0.1, 0.15) is 24.3 Å². The molecule has 0 radical (unpaired) electrons. The number of aliphatic hydroxyl groups is 1. The standard InChI is InChI=1S/C10H17N3O3S/c1-8(2)13(3-5-16-6-4-14)10(15)9-7-11-17-12-9/h7-8,14H,3-6H2,1-2H3. The van der Waals surface area contributed by atoms with E-state index in [-0.39, 0.29) is 18.6 Å². The van der Waals surface area contributed by atoms with E-state index >= 15 is 0 Å². The van der Waals surface area contributed by atoms with Crippen molar-refractivity contribution in [3.8, 4) is 0 Å². The van der Waals surface area contributed by atoms with Gasteiger partial charge in [-0.2, -0.15) is 8.75 Å². The zero-order chi connectivity index (χ0) is 12.7. The molecule has 0 saturated carbocycles. The predicted octanol–water partition coefficient (Wildman–Crippen LogP) is 0.398. The Hall–Kier alpha value is -1.05. The summed E-state index contributed by atoms with van der Waals surface area (Å²) < 4.78 is 12.9. The average Bonchev–Trinajstić information content (AvgIpc) is 2.81. The molecule has 17 heavy (non-hydrogen) atoms. The zero-order valence-electron chi connectivity index (χ0n) is 10.00. The van der Waals surface area contributed by atoms with Crippen LogP contribution in [-0.2, 0) is 4.74 Å². The third kappa shape index (κ3) is 4.37. The van der Waals surface area contributed by atoms with Gasteiger partial charge in [-0.1, -0.05) is 0 Å². The summed E-state index contributed by atoms with van der Waals surface area (Å²) in [6, 6.07) is 0.0712. The Bertz CT molecular complexity index is 330. The molecule has 0 spiro atoms. The van der Waals surface area contributed by atoms with Crippen LogP contribution in [0.25, 0.3) is 0 Å². The van der Waals surface area contributed by atoms with Crippen molar-refractivity contribution in [3.63, 3.8) is 0 Å². The fourth-order valence-corrected chi connectivity index (χ4v) is 1.74. The monoisotopic (exact) mass is 259 g/mol. The minimum absolute atomic E-state index is 0.00830. The van der Waals surface area contributed by atoms with Crippen LogP contribution >= 0.6 is 11.7 Å². The van der Waals surface area contributed by atoms with Gasteiger partial charge in [0.15, 0.2) is 5.69 Å². The van der Waals surface area contributed by atoms with Gasteiger partial charge < -0.3 is 14.7 Å². The minimum atomic E-state index is -0.138. The van der Waals surface area contributed by atoms with Crippen LogP contribution < -0.4 is 0 Å². The maximum atomic E-state index is 12.0. The molecule has 1 aromatic rings. The highest BCUT2D eigenvalue weighted by atomic mass is 32.1. The van der Waals surface area contributed by atoms with E-state index in [0.29, 0.717) is 25.5 Å². The highest BCUT2D eigenvalue weighted by Gasteiger charge is 2.20. The van der Waals surface area contributed by atoms with Crippen LogP contribution in [0.2, 0.25) is 0 Å². The largest absolute Gasteiger partial charge is 0.394 e. The Labute approximate surface area is 105 Å². The number of amides is 1. The van der Waals surface area contributed by atoms with E-state index in [9.17, 15) is 4.79 Å². The van der Waals surface area contributed by atoms with Crippen molar-refractivity contribution in [2.45, 2.75) is 19.9 Å². The van der Waals surface area contributed by atoms with Gasteiger partial charge in [-0.05, 0) is 13.8 Å². The quantitative estimate of drug-likeness (QED) is 0.717. The smallest absolute Gasteiger partial charge is 0.275 e. The molecule has 0 bridgehead atoms. The Morgan fingerprint density at radius 3 is 2.88 bits per heavy atom. The van der Waals surface area contributed by atoms with Gasteiger partial charge in [0.05, 0.1) is 37.7 Å². The summed E-state index contributed by atoms with van der Waals surface area (Å²) in [5.41, 5.74) is 0.367. The molecule has 0 aliphatic heterocycles. The van der Waals surface area contributed by atoms with Crippen molar-refractivity contribution in [1.29, 1.82) is 0 Å². The van der Waals surface area contributed by atoms with Gasteiger partial charge in [0.1, 0.15) is 0 Å². The topological polar surface area (TPSA) is 75.6 Å². The van der Waals surface area contributed by atoms with E-state index in [1.54, 1.807) is 4.90 Å². The lowest BCUT2D eigenvalue weighted by Gasteiger charge is -2.25. The number of carbonyl (C=O) groups is 1. The molecule has 1 rings (SSSR count). The first-order valence-electron chi connectivity index (χ1n) is 5.44. The molecule has 96 valence electrons. The highest BCUT2D eigenvalue weighted by Crippen LogP contribution is 2.06. The second kappa shape index (κ2) is 7.31. The maximum Gasteiger partial charge on any atom is 0.275 e. The molecule has 7 heteroatoms. The zero-order valence-corrected chi connectivity index (χ0v) is 10.8. The van der Waals surface area contributed by atoms with E-state index in [1.807, 2.05) is 13.8 Å². The number of carbonyl (C=O) groups excluding carboxylic acids is 1. The third-order valence-electron chi connectivity index (χ3n) is 2.18. The van der Waals surface area contributed by atoms with Crippen LogP contribution in [0.4, 0.5) is 0 Å². The number of aliphatic hydroxyl groups excluding tert-OH is 1. The molecule has 0 saturated heterocycles. The van der Waals surface area contributed by atoms with Gasteiger partial charge in [-0.25, -0.2) is 0 Å². The fraction of sp³-hybridized carbons (Fsp3) is 0.700. The summed E-state index contributed by atoms with van der Waals surface area (Å²) in [5.74, 6) is -0.138. The molecular formula is C10H17N3O3S. The number of nitrogens with zero attached hydrogens (tertiary/aromatic N) is 3. The Morgan fingerprint density at radius 1 is 1.59 bits per heavy atom. The molecule has 0 atom stereocenters. The summed E-state index contributed by atoms with van der Waals surface area (Å²) in [6.45, 7) is 5.04. The second-order valence-corrected chi connectivity index (χ2v) is 4.28. The predicted molar refractivity (Wildman–Crippen MR) is 64.0 cm³/mol. The summed E-state index contributed by atoms with van der Waals surface area (Å²) in [5, 5.41) is 8.58. The number of hydrogen-bond acceptors (Lipinski definition) is 6. The van der Waals surface area contributed by atoms with E-state index in [0.717, 1.165) is 11.7 Å². The van der Waals surface area contributed by atoms with E-state index in [2.05, 4.69) is 8.75 Å². The lowest BCUT2D eigenvalue weighted by molar-refractivity contribution is 0.0503. The first-order valence-corrected chi connectivity index (χ1v) is 6.17. The summed E-state index contributed by atoms with van der Waals surface area (Å²) in [6.07, 6.45) is 1.47. The normalized spacial score (nSPS) is 10.8. The van der Waals surface area contributed by atoms with Gasteiger partial charge in [0, 0.05) is 12.6 Å². The molecule has 6 nitrogen and oxygen atoms in total. The maximum absolute atomic E-state index is 12.0. The van der Waals surface area contributed by atoms with Crippen molar-refractivity contribution in [2.24, 2.45) is 0 Å². The number of aromatic nitrogens is 2. The molecule has 0 aromatic carbocycles. The van der Waals surface area contributed by atoms with Gasteiger partial charge in [-0.15, -0.1) is 0 Å². The van der Waals surface area contributed by atoms with E-state index in [4.69, 9.17) is 9.84 Å². The summed E-state index contributed by atoms with van der Waals surface area (Å²) in [4.78, 5) is 13.7. The fourth-order valence-electron chi connectivity index (χ4n) is 1.33. The first kappa shape index (κ1) is 14.0. The number of hydrogen-bond donors (Lipinski definition) is 1. The molecule has 1 amide bonds. The van der Waals surface area contributed by atoms with Crippen molar-refractivity contribution in [3.05, 3.63) is 11.9 Å². The number of ether oxygens (including phenoxy) is 1. The molecule has 1 heterocycles. The average molecular weight is 259 g/mol. The van der Waals surface area contributed by atoms with Gasteiger partial charge >= 0.3 is 0 Å². The molecule has 0 aliphatic carbocycles. The minimum Gasteiger partial charge on any atom is -0.394 e. The van der Waals surface area contributed by atoms with Gasteiger partial charge in [0.2, 0.25) is 0 Å². The second-order valence-electron chi connectivity index (χ2n) is 3.72. The van der Waals surface area contributed by atoms with Gasteiger partial charge in [-0.3, -0.25) is 4.79 Å². The molecule has 0 fully saturated rings. The van der Waals surface area contributed by atoms with Gasteiger partial charge in [0.25, 0.3) is 5.91 Å². The highest BCUT2D eigenvalue weighted by molar-refractivity contribution is 6.99. The Balaban J connectivity index is 2.51. The van der Waals surface area contributed by atoms with Crippen LogP contribution in [0.15, 0.2) is 6.20 Å². The van der Waals surface area contributed by atoms with Crippen molar-refractivity contribution in [2.75, 3.05) is 26.4 Å². The van der Waals surface area contributed by atoms with E-state index < -0.39 is 0 Å². The number of rotatable bonds is 7. The molecule has 0 unspecified atom stereocenters. The lowest BCUT2D eigenvalue weighted by Crippen LogP contribution is -2.39. The molecule has 1 N–H and O–H groups in total. The lowest BCUT2D eigenvalue weighted by atomic mass is 10.3. The van der Waals surface area contributed by atoms with Crippen molar-refractivity contribution >= 4 is 17.6 Å². The van der Waals surface area contributed by atoms with Crippen LogP contribution in [0, 0.1) is 0 Å². The van der Waals surface area contributed by atoms with Crippen LogP contribution in [0.5, 0.6) is 0 Å². The first-order chi connectivity index (χ1) is 8.16. The third-order valence-corrected chi connectivity index (χ3v) is 2.65. The Morgan fingerprint density at radius 2 is 2.35 bits per heavy atom. The van der Waals surface area contributed by atoms with Crippen LogP contribution in [0.3, 0.4) is 0 Å². The van der Waals surface area contributed by atoms with Crippen molar-refractivity contribution < 1.29 is 14.6 Å². The SMILES string of the molecule is CC(C)N(CCOCCO)C(=O)c1cnsn1. The Kier molecular flexibility index (Phi) is 6.03. The van der Waals surface area contributed by atoms with E-state index in [1.165, 1.54) is 6.20 Å².